The molecule has 1 aliphatic heterocycles. The third-order valence-electron chi connectivity index (χ3n) is 3.86. The van der Waals surface area contributed by atoms with E-state index in [9.17, 15) is 9.59 Å². The van der Waals surface area contributed by atoms with Crippen molar-refractivity contribution < 1.29 is 14.3 Å². The van der Waals surface area contributed by atoms with Crippen LogP contribution in [0.25, 0.3) is 0 Å². The number of ether oxygens (including phenoxy) is 1. The van der Waals surface area contributed by atoms with E-state index in [1.54, 1.807) is 0 Å². The fourth-order valence-electron chi connectivity index (χ4n) is 2.71. The van der Waals surface area contributed by atoms with Gasteiger partial charge in [0.1, 0.15) is 0 Å². The lowest BCUT2D eigenvalue weighted by atomic mass is 9.93. The number of rotatable bonds is 9. The van der Waals surface area contributed by atoms with Gasteiger partial charge in [0.05, 0.1) is 6.61 Å². The minimum atomic E-state index is -0.178. The van der Waals surface area contributed by atoms with Gasteiger partial charge in [-0.25, -0.2) is 0 Å². The number of carbonyl (C=O) groups is 2. The number of hydrogen-bond acceptors (Lipinski definition) is 4. The second-order valence-corrected chi connectivity index (χ2v) is 5.57. The van der Waals surface area contributed by atoms with Crippen LogP contribution in [0.3, 0.4) is 0 Å². The zero-order chi connectivity index (χ0) is 14.8. The van der Waals surface area contributed by atoms with E-state index in [4.69, 9.17) is 10.5 Å². The van der Waals surface area contributed by atoms with Crippen LogP contribution >= 0.6 is 0 Å². The first kappa shape index (κ1) is 17.0. The number of nitrogens with two attached hydrogens (primary N) is 1. The third kappa shape index (κ3) is 7.48. The van der Waals surface area contributed by atoms with Crippen molar-refractivity contribution in [2.75, 3.05) is 26.2 Å². The van der Waals surface area contributed by atoms with Gasteiger partial charge in [-0.15, -0.1) is 0 Å². The normalized spacial score (nSPS) is 17.1. The first-order valence-corrected chi connectivity index (χ1v) is 7.78. The summed E-state index contributed by atoms with van der Waals surface area (Å²) >= 11 is 0. The smallest absolute Gasteiger partial charge is 0.305 e. The Kier molecular flexibility index (Phi) is 8.26. The van der Waals surface area contributed by atoms with Gasteiger partial charge in [0, 0.05) is 12.8 Å². The number of carbonyl (C=O) groups excluding carboxylic acids is 2. The van der Waals surface area contributed by atoms with Crippen LogP contribution in [0.4, 0.5) is 0 Å². The van der Waals surface area contributed by atoms with Gasteiger partial charge in [-0.2, -0.15) is 0 Å². The summed E-state index contributed by atoms with van der Waals surface area (Å²) in [5.74, 6) is 0.217. The molecule has 0 saturated carbocycles. The molecule has 1 saturated heterocycles. The quantitative estimate of drug-likeness (QED) is 0.516. The molecular weight excluding hydrogens is 256 g/mol. The summed E-state index contributed by atoms with van der Waals surface area (Å²) in [5.41, 5.74) is 5.23. The molecule has 0 radical (unpaired) electrons. The third-order valence-corrected chi connectivity index (χ3v) is 3.86. The molecule has 2 N–H and O–H groups in total. The lowest BCUT2D eigenvalue weighted by Crippen LogP contribution is -2.35. The summed E-state index contributed by atoms with van der Waals surface area (Å²) in [6, 6.07) is 0. The van der Waals surface area contributed by atoms with Gasteiger partial charge in [0.15, 0.2) is 0 Å². The van der Waals surface area contributed by atoms with E-state index < -0.39 is 0 Å². The Hall–Kier alpha value is -1.10. The molecule has 20 heavy (non-hydrogen) atoms. The Balaban J connectivity index is 1.99. The first-order chi connectivity index (χ1) is 9.61. The van der Waals surface area contributed by atoms with E-state index in [0.717, 1.165) is 51.7 Å². The molecule has 116 valence electrons. The molecule has 0 atom stereocenters. The maximum absolute atomic E-state index is 11.2. The van der Waals surface area contributed by atoms with Crippen molar-refractivity contribution >= 4 is 11.9 Å². The van der Waals surface area contributed by atoms with Crippen LogP contribution < -0.4 is 5.73 Å². The van der Waals surface area contributed by atoms with Gasteiger partial charge in [-0.3, -0.25) is 9.59 Å². The molecule has 0 aliphatic carbocycles. The molecule has 0 aromatic carbocycles. The minimum Gasteiger partial charge on any atom is -0.466 e. The molecule has 0 aromatic rings. The molecule has 1 heterocycles. The predicted molar refractivity (Wildman–Crippen MR) is 78.1 cm³/mol. The number of nitrogens with zero attached hydrogens (tertiary/aromatic N) is 1. The lowest BCUT2D eigenvalue weighted by molar-refractivity contribution is -0.143. The van der Waals surface area contributed by atoms with Crippen LogP contribution in [0, 0.1) is 5.92 Å². The Morgan fingerprint density at radius 1 is 1.20 bits per heavy atom. The average molecular weight is 284 g/mol. The van der Waals surface area contributed by atoms with Crippen LogP contribution in [0.5, 0.6) is 0 Å². The van der Waals surface area contributed by atoms with Gasteiger partial charge < -0.3 is 15.4 Å². The first-order valence-electron chi connectivity index (χ1n) is 7.78. The molecule has 5 heteroatoms. The van der Waals surface area contributed by atoms with Crippen molar-refractivity contribution in [2.45, 2.75) is 51.9 Å². The van der Waals surface area contributed by atoms with Gasteiger partial charge in [-0.1, -0.05) is 6.42 Å². The zero-order valence-corrected chi connectivity index (χ0v) is 12.6. The second-order valence-electron chi connectivity index (χ2n) is 5.57. The number of hydrogen-bond donors (Lipinski definition) is 1. The van der Waals surface area contributed by atoms with Crippen LogP contribution in [-0.2, 0) is 14.3 Å². The van der Waals surface area contributed by atoms with E-state index in [2.05, 4.69) is 4.90 Å². The van der Waals surface area contributed by atoms with E-state index in [0.29, 0.717) is 25.4 Å². The van der Waals surface area contributed by atoms with Gasteiger partial charge in [0.2, 0.25) is 5.91 Å². The topological polar surface area (TPSA) is 72.6 Å². The van der Waals surface area contributed by atoms with E-state index >= 15 is 0 Å². The number of piperidine rings is 1. The maximum atomic E-state index is 11.2. The SMILES string of the molecule is CCOC(=O)CCCCCN1CCC(CC(N)=O)CC1. The Morgan fingerprint density at radius 2 is 1.90 bits per heavy atom. The minimum absolute atomic E-state index is 0.0835. The number of amides is 1. The monoisotopic (exact) mass is 284 g/mol. The van der Waals surface area contributed by atoms with E-state index in [1.807, 2.05) is 6.92 Å². The van der Waals surface area contributed by atoms with Gasteiger partial charge in [-0.05, 0) is 58.2 Å². The van der Waals surface area contributed by atoms with Crippen LogP contribution in [0.2, 0.25) is 0 Å². The number of esters is 1. The van der Waals surface area contributed by atoms with Crippen LogP contribution in [0.1, 0.15) is 51.9 Å². The summed E-state index contributed by atoms with van der Waals surface area (Å²) in [6.45, 7) is 5.52. The average Bonchev–Trinajstić information content (AvgIpc) is 2.40. The fourth-order valence-corrected chi connectivity index (χ4v) is 2.71. The summed E-state index contributed by atoms with van der Waals surface area (Å²) in [4.78, 5) is 24.5. The largest absolute Gasteiger partial charge is 0.466 e. The van der Waals surface area contributed by atoms with Crippen molar-refractivity contribution in [2.24, 2.45) is 11.7 Å². The summed E-state index contributed by atoms with van der Waals surface area (Å²) < 4.78 is 4.89. The standard InChI is InChI=1S/C15H28N2O3/c1-2-20-15(19)6-4-3-5-9-17-10-7-13(8-11-17)12-14(16)18/h13H,2-12H2,1H3,(H2,16,18). The van der Waals surface area contributed by atoms with Crippen molar-refractivity contribution in [3.63, 3.8) is 0 Å². The van der Waals surface area contributed by atoms with Crippen molar-refractivity contribution in [1.29, 1.82) is 0 Å². The summed E-state index contributed by atoms with van der Waals surface area (Å²) in [5, 5.41) is 0. The Morgan fingerprint density at radius 3 is 2.50 bits per heavy atom. The Labute approximate surface area is 121 Å². The summed E-state index contributed by atoms with van der Waals surface area (Å²) in [6.07, 6.45) is 6.33. The molecule has 0 aromatic heterocycles. The maximum Gasteiger partial charge on any atom is 0.305 e. The van der Waals surface area contributed by atoms with Gasteiger partial charge >= 0.3 is 5.97 Å². The van der Waals surface area contributed by atoms with E-state index in [-0.39, 0.29) is 11.9 Å². The highest BCUT2D eigenvalue weighted by Gasteiger charge is 2.20. The molecule has 5 nitrogen and oxygen atoms in total. The van der Waals surface area contributed by atoms with Crippen molar-refractivity contribution in [3.8, 4) is 0 Å². The Bertz CT molecular complexity index is 299. The number of likely N-dealkylation sites (tertiary alicyclic amines) is 1. The fraction of sp³-hybridized carbons (Fsp3) is 0.867. The van der Waals surface area contributed by atoms with E-state index in [1.165, 1.54) is 0 Å². The van der Waals surface area contributed by atoms with Crippen LogP contribution in [-0.4, -0.2) is 43.0 Å². The molecule has 1 aliphatic rings. The van der Waals surface area contributed by atoms with Gasteiger partial charge in [0.25, 0.3) is 0 Å². The number of primary amides is 1. The molecule has 0 spiro atoms. The molecule has 0 unspecified atom stereocenters. The van der Waals surface area contributed by atoms with Crippen molar-refractivity contribution in [3.05, 3.63) is 0 Å². The highest BCUT2D eigenvalue weighted by Crippen LogP contribution is 2.20. The molecule has 1 amide bonds. The predicted octanol–water partition coefficient (Wildman–Crippen LogP) is 1.70. The number of unbranched alkanes of at least 4 members (excludes halogenated alkanes) is 2. The molecule has 1 rings (SSSR count). The summed E-state index contributed by atoms with van der Waals surface area (Å²) in [7, 11) is 0. The molecular formula is C15H28N2O3. The highest BCUT2D eigenvalue weighted by molar-refractivity contribution is 5.74. The lowest BCUT2D eigenvalue weighted by Gasteiger charge is -2.31. The molecule has 1 fully saturated rings. The molecule has 0 bridgehead atoms. The zero-order valence-electron chi connectivity index (χ0n) is 12.6. The van der Waals surface area contributed by atoms with Crippen molar-refractivity contribution in [1.82, 2.24) is 4.90 Å². The highest BCUT2D eigenvalue weighted by atomic mass is 16.5. The second kappa shape index (κ2) is 9.75. The van der Waals surface area contributed by atoms with Crippen LogP contribution in [0.15, 0.2) is 0 Å².